The zero-order chi connectivity index (χ0) is 14.7. The number of carbonyl (C=O) groups excluding carboxylic acids is 1. The molecular weight excluding hydrogens is 254 g/mol. The Hall–Kier alpha value is -2.14. The lowest BCUT2D eigenvalue weighted by Gasteiger charge is -2.21. The highest BCUT2D eigenvalue weighted by atomic mass is 16.5. The molecule has 2 aromatic rings. The molecule has 2 rings (SSSR count). The number of carbonyl (C=O) groups is 1. The maximum Gasteiger partial charge on any atom is 0.244 e. The molecule has 5 nitrogen and oxygen atoms in total. The van der Waals surface area contributed by atoms with Crippen LogP contribution in [-0.2, 0) is 11.3 Å². The van der Waals surface area contributed by atoms with Gasteiger partial charge < -0.3 is 15.2 Å². The Morgan fingerprint density at radius 3 is 2.55 bits per heavy atom. The van der Waals surface area contributed by atoms with Crippen molar-refractivity contribution in [2.75, 3.05) is 7.05 Å². The van der Waals surface area contributed by atoms with Gasteiger partial charge >= 0.3 is 0 Å². The van der Waals surface area contributed by atoms with Crippen molar-refractivity contribution in [3.8, 4) is 0 Å². The van der Waals surface area contributed by atoms with Crippen molar-refractivity contribution in [2.45, 2.75) is 26.4 Å². The van der Waals surface area contributed by atoms with Crippen molar-refractivity contribution in [1.29, 1.82) is 0 Å². The van der Waals surface area contributed by atoms with E-state index in [0.29, 0.717) is 6.54 Å². The molecule has 0 fully saturated rings. The predicted octanol–water partition coefficient (Wildman–Crippen LogP) is 1.95. The SMILES string of the molecule is Cc1noc(C)c1CN(C)C(=O)[C@@H](N)c1ccccc1. The van der Waals surface area contributed by atoms with Crippen LogP contribution in [0.2, 0.25) is 0 Å². The van der Waals surface area contributed by atoms with Gasteiger partial charge in [0, 0.05) is 12.6 Å². The minimum absolute atomic E-state index is 0.129. The Morgan fingerprint density at radius 2 is 2.00 bits per heavy atom. The van der Waals surface area contributed by atoms with Crippen molar-refractivity contribution in [3.63, 3.8) is 0 Å². The first-order chi connectivity index (χ1) is 9.50. The van der Waals surface area contributed by atoms with E-state index in [1.807, 2.05) is 44.2 Å². The molecule has 1 heterocycles. The number of aryl methyl sites for hydroxylation is 2. The molecule has 0 radical (unpaired) electrons. The fraction of sp³-hybridized carbons (Fsp3) is 0.333. The number of hydrogen-bond donors (Lipinski definition) is 1. The number of rotatable bonds is 4. The molecule has 1 amide bonds. The number of hydrogen-bond acceptors (Lipinski definition) is 4. The average molecular weight is 273 g/mol. The highest BCUT2D eigenvalue weighted by molar-refractivity contribution is 5.82. The second-order valence-electron chi connectivity index (χ2n) is 4.89. The van der Waals surface area contributed by atoms with E-state index in [1.54, 1.807) is 11.9 Å². The second kappa shape index (κ2) is 5.88. The monoisotopic (exact) mass is 273 g/mol. The van der Waals surface area contributed by atoms with E-state index < -0.39 is 6.04 Å². The molecule has 106 valence electrons. The zero-order valence-electron chi connectivity index (χ0n) is 12.0. The summed E-state index contributed by atoms with van der Waals surface area (Å²) in [5, 5.41) is 3.89. The summed E-state index contributed by atoms with van der Waals surface area (Å²) in [6.07, 6.45) is 0. The summed E-state index contributed by atoms with van der Waals surface area (Å²) < 4.78 is 5.10. The summed E-state index contributed by atoms with van der Waals surface area (Å²) in [7, 11) is 1.73. The van der Waals surface area contributed by atoms with Crippen LogP contribution < -0.4 is 5.73 Å². The Balaban J connectivity index is 2.09. The van der Waals surface area contributed by atoms with E-state index in [4.69, 9.17) is 10.3 Å². The third kappa shape index (κ3) is 2.88. The van der Waals surface area contributed by atoms with E-state index in [1.165, 1.54) is 0 Å². The maximum atomic E-state index is 12.3. The first-order valence-corrected chi connectivity index (χ1v) is 6.48. The van der Waals surface area contributed by atoms with E-state index in [9.17, 15) is 4.79 Å². The van der Waals surface area contributed by atoms with Crippen molar-refractivity contribution in [3.05, 3.63) is 52.9 Å². The van der Waals surface area contributed by atoms with Crippen molar-refractivity contribution >= 4 is 5.91 Å². The fourth-order valence-electron chi connectivity index (χ4n) is 2.08. The van der Waals surface area contributed by atoms with E-state index in [0.717, 1.165) is 22.6 Å². The smallest absolute Gasteiger partial charge is 0.244 e. The van der Waals surface area contributed by atoms with Gasteiger partial charge in [0.05, 0.1) is 12.2 Å². The molecule has 1 atom stereocenters. The van der Waals surface area contributed by atoms with Crippen LogP contribution in [0.5, 0.6) is 0 Å². The molecule has 0 aliphatic carbocycles. The van der Waals surface area contributed by atoms with Crippen molar-refractivity contribution in [2.24, 2.45) is 5.73 Å². The Bertz CT molecular complexity index is 573. The first-order valence-electron chi connectivity index (χ1n) is 6.48. The molecule has 1 aromatic heterocycles. The molecule has 0 aliphatic heterocycles. The van der Waals surface area contributed by atoms with E-state index in [-0.39, 0.29) is 5.91 Å². The van der Waals surface area contributed by atoms with Gasteiger partial charge in [-0.1, -0.05) is 35.5 Å². The summed E-state index contributed by atoms with van der Waals surface area (Å²) in [5.41, 5.74) is 8.56. The zero-order valence-corrected chi connectivity index (χ0v) is 12.0. The van der Waals surface area contributed by atoms with Gasteiger partial charge in [0.2, 0.25) is 5.91 Å². The number of nitrogens with two attached hydrogens (primary N) is 1. The van der Waals surface area contributed by atoms with Crippen LogP contribution in [0.3, 0.4) is 0 Å². The molecular formula is C15H19N3O2. The summed E-state index contributed by atoms with van der Waals surface area (Å²) in [5.74, 6) is 0.603. The van der Waals surface area contributed by atoms with Crippen LogP contribution in [0, 0.1) is 13.8 Å². The van der Waals surface area contributed by atoms with Crippen molar-refractivity contribution < 1.29 is 9.32 Å². The molecule has 20 heavy (non-hydrogen) atoms. The van der Waals surface area contributed by atoms with Crippen LogP contribution in [-0.4, -0.2) is 23.0 Å². The average Bonchev–Trinajstić information content (AvgIpc) is 2.78. The van der Waals surface area contributed by atoms with Crippen LogP contribution in [0.15, 0.2) is 34.9 Å². The molecule has 1 aromatic carbocycles. The molecule has 5 heteroatoms. The van der Waals surface area contributed by atoms with Crippen LogP contribution >= 0.6 is 0 Å². The van der Waals surface area contributed by atoms with Gasteiger partial charge in [-0.2, -0.15) is 0 Å². The normalized spacial score (nSPS) is 12.2. The molecule has 0 saturated carbocycles. The lowest BCUT2D eigenvalue weighted by Crippen LogP contribution is -2.35. The Morgan fingerprint density at radius 1 is 1.35 bits per heavy atom. The van der Waals surface area contributed by atoms with Gasteiger partial charge in [-0.05, 0) is 19.4 Å². The van der Waals surface area contributed by atoms with Crippen LogP contribution in [0.25, 0.3) is 0 Å². The molecule has 0 spiro atoms. The molecule has 0 bridgehead atoms. The highest BCUT2D eigenvalue weighted by Gasteiger charge is 2.21. The summed E-state index contributed by atoms with van der Waals surface area (Å²) >= 11 is 0. The topological polar surface area (TPSA) is 72.4 Å². The number of benzene rings is 1. The van der Waals surface area contributed by atoms with Gasteiger partial charge in [-0.25, -0.2) is 0 Å². The van der Waals surface area contributed by atoms with E-state index in [2.05, 4.69) is 5.16 Å². The number of nitrogens with zero attached hydrogens (tertiary/aromatic N) is 2. The summed E-state index contributed by atoms with van der Waals surface area (Å²) in [6.45, 7) is 4.15. The quantitative estimate of drug-likeness (QED) is 0.924. The lowest BCUT2D eigenvalue weighted by atomic mass is 10.1. The largest absolute Gasteiger partial charge is 0.361 e. The third-order valence-electron chi connectivity index (χ3n) is 3.38. The highest BCUT2D eigenvalue weighted by Crippen LogP contribution is 2.17. The number of likely N-dealkylation sites (N-methyl/N-ethyl adjacent to an activating group) is 1. The summed E-state index contributed by atoms with van der Waals surface area (Å²) in [6, 6.07) is 8.70. The van der Waals surface area contributed by atoms with Gasteiger partial charge in [0.15, 0.2) is 0 Å². The lowest BCUT2D eigenvalue weighted by molar-refractivity contribution is -0.132. The molecule has 2 N–H and O–H groups in total. The number of aromatic nitrogens is 1. The van der Waals surface area contributed by atoms with E-state index >= 15 is 0 Å². The van der Waals surface area contributed by atoms with Gasteiger partial charge in [0.1, 0.15) is 11.8 Å². The maximum absolute atomic E-state index is 12.3. The fourth-order valence-corrected chi connectivity index (χ4v) is 2.08. The Labute approximate surface area is 118 Å². The van der Waals surface area contributed by atoms with Gasteiger partial charge in [-0.15, -0.1) is 0 Å². The molecule has 0 saturated heterocycles. The van der Waals surface area contributed by atoms with Crippen LogP contribution in [0.1, 0.15) is 28.6 Å². The predicted molar refractivity (Wildman–Crippen MR) is 75.8 cm³/mol. The Kier molecular flexibility index (Phi) is 4.20. The van der Waals surface area contributed by atoms with Crippen LogP contribution in [0.4, 0.5) is 0 Å². The minimum Gasteiger partial charge on any atom is -0.361 e. The molecule has 0 unspecified atom stereocenters. The summed E-state index contributed by atoms with van der Waals surface area (Å²) in [4.78, 5) is 13.9. The second-order valence-corrected chi connectivity index (χ2v) is 4.89. The van der Waals surface area contributed by atoms with Gasteiger partial charge in [-0.3, -0.25) is 4.79 Å². The number of amides is 1. The molecule has 0 aliphatic rings. The standard InChI is InChI=1S/C15H19N3O2/c1-10-13(11(2)20-17-10)9-18(3)15(19)14(16)12-7-5-4-6-8-12/h4-8,14H,9,16H2,1-3H3/t14-/m0/s1. The first kappa shape index (κ1) is 14.3. The third-order valence-corrected chi connectivity index (χ3v) is 3.38. The minimum atomic E-state index is -0.651. The van der Waals surface area contributed by atoms with Gasteiger partial charge in [0.25, 0.3) is 0 Å². The van der Waals surface area contributed by atoms with Crippen molar-refractivity contribution in [1.82, 2.24) is 10.1 Å².